The molecular formula is C27H31N. The van der Waals surface area contributed by atoms with Crippen LogP contribution >= 0.6 is 0 Å². The summed E-state index contributed by atoms with van der Waals surface area (Å²) in [5, 5.41) is 0. The molecule has 144 valence electrons. The zero-order valence-corrected chi connectivity index (χ0v) is 18.2. The summed E-state index contributed by atoms with van der Waals surface area (Å²) >= 11 is 0. The van der Waals surface area contributed by atoms with E-state index in [1.165, 1.54) is 38.9 Å². The molecule has 1 aliphatic rings. The molecule has 1 aliphatic carbocycles. The molecule has 1 aromatic heterocycles. The first-order chi connectivity index (χ1) is 13.1. The Bertz CT molecular complexity index is 1050. The largest absolute Gasteiger partial charge is 0.256 e. The molecule has 3 aromatic rings. The van der Waals surface area contributed by atoms with Crippen molar-refractivity contribution in [1.82, 2.24) is 4.98 Å². The molecule has 0 saturated carbocycles. The van der Waals surface area contributed by atoms with Gasteiger partial charge in [0, 0.05) is 11.8 Å². The number of aromatic nitrogens is 1. The van der Waals surface area contributed by atoms with Crippen LogP contribution in [0.5, 0.6) is 0 Å². The Labute approximate surface area is 169 Å². The smallest absolute Gasteiger partial charge is 0.0705 e. The maximum atomic E-state index is 4.68. The molecule has 2 aromatic carbocycles. The number of aryl methyl sites for hydroxylation is 1. The monoisotopic (exact) mass is 369 g/mol. The Morgan fingerprint density at radius 3 is 2.18 bits per heavy atom. The Balaban J connectivity index is 1.95. The van der Waals surface area contributed by atoms with Crippen LogP contribution in [-0.2, 0) is 10.8 Å². The first kappa shape index (κ1) is 18.9. The van der Waals surface area contributed by atoms with Crippen molar-refractivity contribution in [2.45, 2.75) is 65.2 Å². The van der Waals surface area contributed by atoms with Crippen molar-refractivity contribution in [3.8, 4) is 22.4 Å². The topological polar surface area (TPSA) is 12.9 Å². The van der Waals surface area contributed by atoms with Gasteiger partial charge >= 0.3 is 0 Å². The summed E-state index contributed by atoms with van der Waals surface area (Å²) in [7, 11) is 0. The van der Waals surface area contributed by atoms with Gasteiger partial charge in [0.15, 0.2) is 0 Å². The quantitative estimate of drug-likeness (QED) is 0.458. The van der Waals surface area contributed by atoms with Gasteiger partial charge < -0.3 is 0 Å². The van der Waals surface area contributed by atoms with Crippen molar-refractivity contribution < 1.29 is 0 Å². The molecule has 0 spiro atoms. The van der Waals surface area contributed by atoms with Crippen LogP contribution in [0.3, 0.4) is 0 Å². The van der Waals surface area contributed by atoms with Crippen LogP contribution in [0.15, 0.2) is 54.7 Å². The molecule has 0 N–H and O–H groups in total. The maximum Gasteiger partial charge on any atom is 0.0705 e. The van der Waals surface area contributed by atoms with Gasteiger partial charge in [-0.25, -0.2) is 0 Å². The van der Waals surface area contributed by atoms with Crippen LogP contribution in [-0.4, -0.2) is 4.98 Å². The summed E-state index contributed by atoms with van der Waals surface area (Å²) in [6.45, 7) is 16.2. The van der Waals surface area contributed by atoms with E-state index < -0.39 is 0 Å². The third-order valence-electron chi connectivity index (χ3n) is 7.14. The minimum absolute atomic E-state index is 0.0505. The SMILES string of the molecule is Cc1ccc2c(c1)C(C)(C)C(C)(C)c1ccc(-c3cc(C(C)C)ccn3)cc1-2. The average Bonchev–Trinajstić information content (AvgIpc) is 2.66. The lowest BCUT2D eigenvalue weighted by molar-refractivity contribution is 0.299. The first-order valence-electron chi connectivity index (χ1n) is 10.4. The van der Waals surface area contributed by atoms with Crippen molar-refractivity contribution in [2.24, 2.45) is 0 Å². The minimum atomic E-state index is 0.0505. The van der Waals surface area contributed by atoms with Gasteiger partial charge in [-0.15, -0.1) is 0 Å². The number of fused-ring (bicyclic) bond motifs is 3. The Kier molecular flexibility index (Phi) is 4.26. The number of nitrogens with zero attached hydrogens (tertiary/aromatic N) is 1. The highest BCUT2D eigenvalue weighted by Gasteiger charge is 2.45. The summed E-state index contributed by atoms with van der Waals surface area (Å²) in [6, 6.07) is 18.2. The number of pyridine rings is 1. The van der Waals surface area contributed by atoms with Crippen molar-refractivity contribution in [2.75, 3.05) is 0 Å². The Morgan fingerprint density at radius 1 is 0.750 bits per heavy atom. The molecule has 1 heterocycles. The van der Waals surface area contributed by atoms with Crippen LogP contribution in [0, 0.1) is 6.92 Å². The second-order valence-electron chi connectivity index (χ2n) is 9.69. The van der Waals surface area contributed by atoms with Crippen LogP contribution in [0.2, 0.25) is 0 Å². The first-order valence-corrected chi connectivity index (χ1v) is 10.4. The van der Waals surface area contributed by atoms with E-state index in [0.717, 1.165) is 5.69 Å². The van der Waals surface area contributed by atoms with Crippen molar-refractivity contribution in [1.29, 1.82) is 0 Å². The van der Waals surface area contributed by atoms with Crippen LogP contribution < -0.4 is 0 Å². The van der Waals surface area contributed by atoms with E-state index in [1.54, 1.807) is 0 Å². The fraction of sp³-hybridized carbons (Fsp3) is 0.370. The predicted molar refractivity (Wildman–Crippen MR) is 120 cm³/mol. The van der Waals surface area contributed by atoms with Crippen LogP contribution in [0.25, 0.3) is 22.4 Å². The number of hydrogen-bond acceptors (Lipinski definition) is 1. The number of rotatable bonds is 2. The van der Waals surface area contributed by atoms with E-state index in [2.05, 4.69) is 102 Å². The number of benzene rings is 2. The third kappa shape index (κ3) is 2.71. The normalized spacial score (nSPS) is 16.6. The van der Waals surface area contributed by atoms with E-state index >= 15 is 0 Å². The highest BCUT2D eigenvalue weighted by molar-refractivity contribution is 5.81. The minimum Gasteiger partial charge on any atom is -0.256 e. The summed E-state index contributed by atoms with van der Waals surface area (Å²) in [5.41, 5.74) is 10.6. The molecule has 28 heavy (non-hydrogen) atoms. The van der Waals surface area contributed by atoms with Gasteiger partial charge in [-0.05, 0) is 69.7 Å². The molecule has 0 fully saturated rings. The van der Waals surface area contributed by atoms with Gasteiger partial charge in [0.1, 0.15) is 0 Å². The van der Waals surface area contributed by atoms with Gasteiger partial charge in [-0.3, -0.25) is 4.98 Å². The fourth-order valence-electron chi connectivity index (χ4n) is 4.52. The van der Waals surface area contributed by atoms with Gasteiger partial charge in [-0.1, -0.05) is 77.4 Å². The van der Waals surface area contributed by atoms with E-state index in [1.807, 2.05) is 6.20 Å². The second kappa shape index (κ2) is 6.30. The second-order valence-corrected chi connectivity index (χ2v) is 9.69. The number of hydrogen-bond donors (Lipinski definition) is 0. The lowest BCUT2D eigenvalue weighted by Gasteiger charge is -2.48. The third-order valence-corrected chi connectivity index (χ3v) is 7.14. The van der Waals surface area contributed by atoms with Crippen molar-refractivity contribution in [3.63, 3.8) is 0 Å². The summed E-state index contributed by atoms with van der Waals surface area (Å²) in [4.78, 5) is 4.68. The lowest BCUT2D eigenvalue weighted by atomic mass is 9.55. The molecule has 0 bridgehead atoms. The van der Waals surface area contributed by atoms with Gasteiger partial charge in [-0.2, -0.15) is 0 Å². The maximum absolute atomic E-state index is 4.68. The average molecular weight is 370 g/mol. The Hall–Kier alpha value is -2.41. The van der Waals surface area contributed by atoms with E-state index in [4.69, 9.17) is 0 Å². The standard InChI is InChI=1S/C27H31N/c1-17(2)19-12-13-28-25(16-19)20-9-11-23-22(15-20)21-10-8-18(3)14-24(21)27(6,7)26(23,4)5/h8-17H,1-7H3. The van der Waals surface area contributed by atoms with Crippen LogP contribution in [0.4, 0.5) is 0 Å². The Morgan fingerprint density at radius 2 is 1.46 bits per heavy atom. The highest BCUT2D eigenvalue weighted by atomic mass is 14.7. The van der Waals surface area contributed by atoms with Gasteiger partial charge in [0.2, 0.25) is 0 Å². The van der Waals surface area contributed by atoms with Crippen molar-refractivity contribution in [3.05, 3.63) is 77.0 Å². The highest BCUT2D eigenvalue weighted by Crippen LogP contribution is 2.54. The van der Waals surface area contributed by atoms with E-state index in [0.29, 0.717) is 5.92 Å². The van der Waals surface area contributed by atoms with E-state index in [-0.39, 0.29) is 10.8 Å². The fourth-order valence-corrected chi connectivity index (χ4v) is 4.52. The molecule has 0 atom stereocenters. The molecule has 1 nitrogen and oxygen atoms in total. The zero-order chi connectivity index (χ0) is 20.3. The van der Waals surface area contributed by atoms with Crippen molar-refractivity contribution >= 4 is 0 Å². The van der Waals surface area contributed by atoms with Gasteiger partial charge in [0.25, 0.3) is 0 Å². The summed E-state index contributed by atoms with van der Waals surface area (Å²) < 4.78 is 0. The summed E-state index contributed by atoms with van der Waals surface area (Å²) in [5.74, 6) is 0.503. The van der Waals surface area contributed by atoms with Gasteiger partial charge in [0.05, 0.1) is 5.69 Å². The lowest BCUT2D eigenvalue weighted by Crippen LogP contribution is -2.43. The zero-order valence-electron chi connectivity index (χ0n) is 18.2. The molecule has 1 heteroatoms. The molecule has 0 radical (unpaired) electrons. The molecule has 0 unspecified atom stereocenters. The molecule has 0 saturated heterocycles. The molecule has 0 amide bonds. The molecule has 4 rings (SSSR count). The molecular weight excluding hydrogens is 338 g/mol. The molecule has 0 aliphatic heterocycles. The predicted octanol–water partition coefficient (Wildman–Crippen LogP) is 7.42. The van der Waals surface area contributed by atoms with Crippen LogP contribution in [0.1, 0.15) is 69.7 Å². The summed E-state index contributed by atoms with van der Waals surface area (Å²) in [6.07, 6.45) is 1.94. The van der Waals surface area contributed by atoms with E-state index in [9.17, 15) is 0 Å².